The molecule has 0 fully saturated rings. The number of aliphatic hydroxyl groups excluding tert-OH is 1. The van der Waals surface area contributed by atoms with Crippen LogP contribution in [-0.2, 0) is 9.53 Å². The first-order chi connectivity index (χ1) is 10.1. The quantitative estimate of drug-likeness (QED) is 0.811. The molecule has 7 heteroatoms. The average molecular weight is 319 g/mol. The van der Waals surface area contributed by atoms with Crippen molar-refractivity contribution in [1.29, 1.82) is 0 Å². The number of amides is 1. The molecule has 1 aliphatic carbocycles. The fraction of sp³-hybridized carbons (Fsp3) is 0.733. The second kappa shape index (κ2) is 6.73. The van der Waals surface area contributed by atoms with E-state index in [1.807, 2.05) is 0 Å². The van der Waals surface area contributed by atoms with Crippen LogP contribution in [0.15, 0.2) is 12.2 Å². The number of ether oxygens (including phenoxy) is 1. The summed E-state index contributed by atoms with van der Waals surface area (Å²) >= 11 is 0. The third kappa shape index (κ3) is 3.63. The number of alkyl halides is 2. The molecule has 1 N–H and O–H groups in total. The van der Waals surface area contributed by atoms with Crippen molar-refractivity contribution in [3.63, 3.8) is 0 Å². The fourth-order valence-electron chi connectivity index (χ4n) is 2.27. The number of hydrogen-bond acceptors (Lipinski definition) is 4. The zero-order chi connectivity index (χ0) is 17.1. The second-order valence-corrected chi connectivity index (χ2v) is 5.99. The Labute approximate surface area is 128 Å². The first-order valence-electron chi connectivity index (χ1n) is 7.30. The minimum absolute atomic E-state index is 0.224. The molecule has 0 bridgehead atoms. The Morgan fingerprint density at radius 1 is 1.41 bits per heavy atom. The first-order valence-corrected chi connectivity index (χ1v) is 7.30. The van der Waals surface area contributed by atoms with Gasteiger partial charge in [-0.15, -0.1) is 0 Å². The van der Waals surface area contributed by atoms with Gasteiger partial charge in [0.2, 0.25) is 5.78 Å². The van der Waals surface area contributed by atoms with Crippen molar-refractivity contribution >= 4 is 11.9 Å². The summed E-state index contributed by atoms with van der Waals surface area (Å²) in [6, 6.07) is 0. The average Bonchev–Trinajstić information content (AvgIpc) is 2.43. The van der Waals surface area contributed by atoms with E-state index in [0.717, 1.165) is 6.08 Å². The molecule has 1 rings (SSSR count). The lowest BCUT2D eigenvalue weighted by Gasteiger charge is -2.37. The van der Waals surface area contributed by atoms with Gasteiger partial charge in [0.25, 0.3) is 0 Å². The zero-order valence-electron chi connectivity index (χ0n) is 13.3. The molecule has 0 aliphatic heterocycles. The number of ketones is 1. The van der Waals surface area contributed by atoms with Gasteiger partial charge in [-0.3, -0.25) is 4.79 Å². The zero-order valence-corrected chi connectivity index (χ0v) is 13.3. The summed E-state index contributed by atoms with van der Waals surface area (Å²) in [5, 5.41) is 9.43. The van der Waals surface area contributed by atoms with E-state index >= 15 is 0 Å². The highest BCUT2D eigenvalue weighted by atomic mass is 19.3. The van der Waals surface area contributed by atoms with E-state index in [9.17, 15) is 23.5 Å². The Morgan fingerprint density at radius 2 is 1.95 bits per heavy atom. The lowest BCUT2D eigenvalue weighted by molar-refractivity contribution is -0.171. The highest BCUT2D eigenvalue weighted by Gasteiger charge is 2.54. The number of carbonyl (C=O) groups is 2. The molecule has 0 spiro atoms. The maximum absolute atomic E-state index is 14.0. The number of halogens is 2. The van der Waals surface area contributed by atoms with Crippen LogP contribution in [0.1, 0.15) is 34.1 Å². The molecule has 5 nitrogen and oxygen atoms in total. The largest absolute Gasteiger partial charge is 0.437 e. The predicted molar refractivity (Wildman–Crippen MR) is 76.7 cm³/mol. The minimum Gasteiger partial charge on any atom is -0.437 e. The summed E-state index contributed by atoms with van der Waals surface area (Å²) < 4.78 is 33.1. The van der Waals surface area contributed by atoms with E-state index in [4.69, 9.17) is 4.74 Å². The van der Waals surface area contributed by atoms with Crippen LogP contribution in [0.5, 0.6) is 0 Å². The van der Waals surface area contributed by atoms with Gasteiger partial charge in [0.05, 0.1) is 0 Å². The molecule has 1 aliphatic rings. The third-order valence-electron chi connectivity index (χ3n) is 3.85. The van der Waals surface area contributed by atoms with Crippen molar-refractivity contribution in [3.05, 3.63) is 12.2 Å². The normalized spacial score (nSPS) is 28.4. The van der Waals surface area contributed by atoms with E-state index in [-0.39, 0.29) is 6.42 Å². The molecule has 0 saturated carbocycles. The second-order valence-electron chi connectivity index (χ2n) is 5.99. The van der Waals surface area contributed by atoms with Crippen LogP contribution in [0.3, 0.4) is 0 Å². The standard InChI is InChI=1S/C15H23F2NO4/c1-5-18(6-2)13(21)22-12-11(20)15(16,17)10(19)8-7-9-14(12,3)4/h7-8,10,12,19H,5-6,9H2,1-4H3/b8-7-/t10?,12-/m0/s1. The Hall–Kier alpha value is -1.50. The number of aliphatic hydroxyl groups is 1. The van der Waals surface area contributed by atoms with Gasteiger partial charge in [-0.2, -0.15) is 8.78 Å². The molecule has 0 heterocycles. The van der Waals surface area contributed by atoms with Gasteiger partial charge < -0.3 is 14.7 Å². The van der Waals surface area contributed by atoms with Crippen molar-refractivity contribution in [2.75, 3.05) is 13.1 Å². The van der Waals surface area contributed by atoms with Gasteiger partial charge in [-0.1, -0.05) is 26.0 Å². The van der Waals surface area contributed by atoms with Gasteiger partial charge in [0.15, 0.2) is 6.10 Å². The summed E-state index contributed by atoms with van der Waals surface area (Å²) in [6.45, 7) is 7.27. The summed E-state index contributed by atoms with van der Waals surface area (Å²) in [5.74, 6) is -5.57. The van der Waals surface area contributed by atoms with Gasteiger partial charge in [0.1, 0.15) is 6.10 Å². The maximum atomic E-state index is 14.0. The van der Waals surface area contributed by atoms with E-state index in [1.54, 1.807) is 27.7 Å². The van der Waals surface area contributed by atoms with Crippen LogP contribution in [0.2, 0.25) is 0 Å². The molecule has 1 amide bonds. The summed E-state index contributed by atoms with van der Waals surface area (Å²) in [7, 11) is 0. The number of carbonyl (C=O) groups excluding carboxylic acids is 2. The molecular formula is C15H23F2NO4. The molecule has 0 radical (unpaired) electrons. The molecular weight excluding hydrogens is 296 g/mol. The molecule has 0 aromatic heterocycles. The van der Waals surface area contributed by atoms with E-state index < -0.39 is 35.4 Å². The Morgan fingerprint density at radius 3 is 2.45 bits per heavy atom. The van der Waals surface area contributed by atoms with Gasteiger partial charge in [-0.05, 0) is 20.3 Å². The number of rotatable bonds is 3. The topological polar surface area (TPSA) is 66.8 Å². The third-order valence-corrected chi connectivity index (χ3v) is 3.85. The van der Waals surface area contributed by atoms with Crippen molar-refractivity contribution in [2.24, 2.45) is 5.41 Å². The lowest BCUT2D eigenvalue weighted by atomic mass is 9.77. The Kier molecular flexibility index (Phi) is 5.67. The van der Waals surface area contributed by atoms with E-state index in [2.05, 4.69) is 0 Å². The van der Waals surface area contributed by atoms with E-state index in [1.165, 1.54) is 11.0 Å². The van der Waals surface area contributed by atoms with Gasteiger partial charge in [0, 0.05) is 18.5 Å². The smallest absolute Gasteiger partial charge is 0.410 e. The Balaban J connectivity index is 3.13. The number of allylic oxidation sites excluding steroid dienone is 1. The number of hydrogen-bond donors (Lipinski definition) is 1. The summed E-state index contributed by atoms with van der Waals surface area (Å²) in [4.78, 5) is 25.5. The van der Waals surface area contributed by atoms with Crippen molar-refractivity contribution in [1.82, 2.24) is 4.90 Å². The number of nitrogens with zero attached hydrogens (tertiary/aromatic N) is 1. The minimum atomic E-state index is -4.00. The molecule has 1 unspecified atom stereocenters. The molecule has 0 saturated heterocycles. The van der Waals surface area contributed by atoms with E-state index in [0.29, 0.717) is 13.1 Å². The van der Waals surface area contributed by atoms with Gasteiger partial charge in [-0.25, -0.2) is 4.79 Å². The van der Waals surface area contributed by atoms with Crippen molar-refractivity contribution in [2.45, 2.75) is 52.2 Å². The van der Waals surface area contributed by atoms with Gasteiger partial charge >= 0.3 is 12.0 Å². The van der Waals surface area contributed by atoms with Crippen LogP contribution in [0, 0.1) is 5.41 Å². The Bertz CT molecular complexity index is 458. The highest BCUT2D eigenvalue weighted by Crippen LogP contribution is 2.37. The molecule has 2 atom stereocenters. The molecule has 0 aromatic rings. The molecule has 126 valence electrons. The van der Waals surface area contributed by atoms with Crippen LogP contribution < -0.4 is 0 Å². The SMILES string of the molecule is CCN(CC)C(=O)O[C@H]1C(=O)C(F)(F)C(O)/C=C\CC1(C)C. The monoisotopic (exact) mass is 319 g/mol. The van der Waals surface area contributed by atoms with Crippen LogP contribution >= 0.6 is 0 Å². The maximum Gasteiger partial charge on any atom is 0.410 e. The fourth-order valence-corrected chi connectivity index (χ4v) is 2.27. The predicted octanol–water partition coefficient (Wildman–Crippen LogP) is 2.38. The summed E-state index contributed by atoms with van der Waals surface area (Å²) in [6.07, 6.45) is -2.15. The lowest BCUT2D eigenvalue weighted by Crippen LogP contribution is -2.54. The number of Topliss-reactive ketones (excluding diaryl/α,β-unsaturated/α-hetero) is 1. The van der Waals surface area contributed by atoms with Crippen LogP contribution in [0.25, 0.3) is 0 Å². The molecule has 0 aromatic carbocycles. The highest BCUT2D eigenvalue weighted by molar-refractivity contribution is 5.93. The van der Waals surface area contributed by atoms with Crippen molar-refractivity contribution < 1.29 is 28.2 Å². The van der Waals surface area contributed by atoms with Crippen molar-refractivity contribution in [3.8, 4) is 0 Å². The van der Waals surface area contributed by atoms with Crippen LogP contribution in [0.4, 0.5) is 13.6 Å². The first kappa shape index (κ1) is 18.5. The summed E-state index contributed by atoms with van der Waals surface area (Å²) in [5.41, 5.74) is -1.00. The molecule has 22 heavy (non-hydrogen) atoms. The van der Waals surface area contributed by atoms with Crippen LogP contribution in [-0.4, -0.2) is 53.1 Å².